The number of nitrogens with zero attached hydrogens (tertiary/aromatic N) is 4. The van der Waals surface area contributed by atoms with E-state index in [4.69, 9.17) is 0 Å². The summed E-state index contributed by atoms with van der Waals surface area (Å²) in [5.74, 6) is -0.0851. The van der Waals surface area contributed by atoms with Crippen LogP contribution in [0.1, 0.15) is 5.56 Å². The summed E-state index contributed by atoms with van der Waals surface area (Å²) >= 11 is 0. The molecule has 0 bridgehead atoms. The number of benzene rings is 1. The highest BCUT2D eigenvalue weighted by molar-refractivity contribution is 5.76. The maximum Gasteiger partial charge on any atom is 0.242 e. The fraction of sp³-hybridized carbons (Fsp3) is 0.375. The van der Waals surface area contributed by atoms with Gasteiger partial charge in [0.15, 0.2) is 0 Å². The number of hydrogen-bond donors (Lipinski definition) is 0. The second-order valence-corrected chi connectivity index (χ2v) is 5.52. The smallest absolute Gasteiger partial charge is 0.242 e. The summed E-state index contributed by atoms with van der Waals surface area (Å²) in [7, 11) is 0. The Morgan fingerprint density at radius 2 is 1.86 bits per heavy atom. The van der Waals surface area contributed by atoms with Crippen molar-refractivity contribution in [3.05, 3.63) is 54.4 Å². The summed E-state index contributed by atoms with van der Waals surface area (Å²) in [5, 5.41) is 0. The molecule has 1 aromatic heterocycles. The molecule has 2 heterocycles. The average molecular weight is 302 g/mol. The lowest BCUT2D eigenvalue weighted by Crippen LogP contribution is -2.49. The summed E-state index contributed by atoms with van der Waals surface area (Å²) in [6.45, 7) is 4.28. The first-order valence-electron chi connectivity index (χ1n) is 7.41. The molecular weight excluding hydrogens is 283 g/mol. The second-order valence-electron chi connectivity index (χ2n) is 5.52. The quantitative estimate of drug-likeness (QED) is 0.856. The number of halogens is 1. The third kappa shape index (κ3) is 3.71. The van der Waals surface area contributed by atoms with Gasteiger partial charge < -0.3 is 9.47 Å². The lowest BCUT2D eigenvalue weighted by atomic mass is 10.2. The van der Waals surface area contributed by atoms with E-state index in [-0.39, 0.29) is 11.7 Å². The highest BCUT2D eigenvalue weighted by atomic mass is 19.1. The highest BCUT2D eigenvalue weighted by Crippen LogP contribution is 2.10. The molecule has 5 nitrogen and oxygen atoms in total. The van der Waals surface area contributed by atoms with Crippen LogP contribution >= 0.6 is 0 Å². The number of aromatic nitrogens is 2. The number of carbonyl (C=O) groups is 1. The first-order valence-corrected chi connectivity index (χ1v) is 7.41. The maximum absolute atomic E-state index is 12.9. The summed E-state index contributed by atoms with van der Waals surface area (Å²) in [6, 6.07) is 6.60. The van der Waals surface area contributed by atoms with Gasteiger partial charge in [0.1, 0.15) is 12.4 Å². The maximum atomic E-state index is 12.9. The van der Waals surface area contributed by atoms with Crippen LogP contribution in [0.2, 0.25) is 0 Å². The fourth-order valence-electron chi connectivity index (χ4n) is 2.64. The van der Waals surface area contributed by atoms with E-state index in [0.717, 1.165) is 38.3 Å². The fourth-order valence-corrected chi connectivity index (χ4v) is 2.64. The minimum absolute atomic E-state index is 0.124. The van der Waals surface area contributed by atoms with Crippen LogP contribution in [0.5, 0.6) is 0 Å². The average Bonchev–Trinajstić information content (AvgIpc) is 3.03. The van der Waals surface area contributed by atoms with Gasteiger partial charge in [-0.05, 0) is 17.7 Å². The molecule has 1 aromatic carbocycles. The predicted octanol–water partition coefficient (Wildman–Crippen LogP) is 1.37. The van der Waals surface area contributed by atoms with E-state index in [1.54, 1.807) is 23.3 Å². The van der Waals surface area contributed by atoms with Crippen molar-refractivity contribution in [2.75, 3.05) is 26.2 Å². The zero-order chi connectivity index (χ0) is 15.4. The largest absolute Gasteiger partial charge is 0.339 e. The van der Waals surface area contributed by atoms with E-state index >= 15 is 0 Å². The molecule has 1 aliphatic rings. The van der Waals surface area contributed by atoms with Crippen molar-refractivity contribution in [3.8, 4) is 0 Å². The molecule has 1 amide bonds. The highest BCUT2D eigenvalue weighted by Gasteiger charge is 2.21. The molecule has 2 aromatic rings. The third-order valence-corrected chi connectivity index (χ3v) is 3.92. The van der Waals surface area contributed by atoms with Crippen LogP contribution in [0.25, 0.3) is 0 Å². The molecule has 22 heavy (non-hydrogen) atoms. The molecule has 0 spiro atoms. The Labute approximate surface area is 129 Å². The van der Waals surface area contributed by atoms with Crippen LogP contribution in [-0.4, -0.2) is 51.4 Å². The standard InChI is InChI=1S/C16H19FN4O/c17-15-3-1-14(2-4-15)11-19-7-9-21(10-8-19)16(22)12-20-6-5-18-13-20/h1-6,13H,7-12H2. The zero-order valence-electron chi connectivity index (χ0n) is 12.4. The zero-order valence-corrected chi connectivity index (χ0v) is 12.4. The van der Waals surface area contributed by atoms with E-state index in [9.17, 15) is 9.18 Å². The molecule has 6 heteroatoms. The van der Waals surface area contributed by atoms with E-state index in [0.29, 0.717) is 6.54 Å². The van der Waals surface area contributed by atoms with Gasteiger partial charge in [-0.3, -0.25) is 9.69 Å². The van der Waals surface area contributed by atoms with Crippen LogP contribution in [0, 0.1) is 5.82 Å². The number of amides is 1. The summed E-state index contributed by atoms with van der Waals surface area (Å²) in [5.41, 5.74) is 1.10. The summed E-state index contributed by atoms with van der Waals surface area (Å²) < 4.78 is 14.7. The van der Waals surface area contributed by atoms with Gasteiger partial charge in [-0.1, -0.05) is 12.1 Å². The molecular formula is C16H19FN4O. The molecule has 3 rings (SSSR count). The van der Waals surface area contributed by atoms with Crippen LogP contribution in [0.3, 0.4) is 0 Å². The van der Waals surface area contributed by atoms with Crippen molar-refractivity contribution >= 4 is 5.91 Å². The van der Waals surface area contributed by atoms with Crippen LogP contribution in [0.15, 0.2) is 43.0 Å². The molecule has 1 aliphatic heterocycles. The van der Waals surface area contributed by atoms with E-state index in [2.05, 4.69) is 9.88 Å². The van der Waals surface area contributed by atoms with Crippen molar-refractivity contribution in [1.82, 2.24) is 19.4 Å². The van der Waals surface area contributed by atoms with Gasteiger partial charge in [0.25, 0.3) is 0 Å². The monoisotopic (exact) mass is 302 g/mol. The van der Waals surface area contributed by atoms with Gasteiger partial charge in [-0.15, -0.1) is 0 Å². The Morgan fingerprint density at radius 3 is 2.50 bits per heavy atom. The molecule has 0 N–H and O–H groups in total. The van der Waals surface area contributed by atoms with Crippen LogP contribution in [0.4, 0.5) is 4.39 Å². The number of piperazine rings is 1. The topological polar surface area (TPSA) is 41.4 Å². The van der Waals surface area contributed by atoms with E-state index in [1.165, 1.54) is 12.1 Å². The number of rotatable bonds is 4. The minimum atomic E-state index is -0.210. The first-order chi connectivity index (χ1) is 10.7. The lowest BCUT2D eigenvalue weighted by Gasteiger charge is -2.34. The number of hydrogen-bond acceptors (Lipinski definition) is 3. The number of carbonyl (C=O) groups excluding carboxylic acids is 1. The molecule has 1 fully saturated rings. The minimum Gasteiger partial charge on any atom is -0.339 e. The van der Waals surface area contributed by atoms with Crippen molar-refractivity contribution in [2.45, 2.75) is 13.1 Å². The molecule has 0 aliphatic carbocycles. The Bertz CT molecular complexity index is 604. The molecule has 0 atom stereocenters. The van der Waals surface area contributed by atoms with Crippen molar-refractivity contribution < 1.29 is 9.18 Å². The normalized spacial score (nSPS) is 16.0. The molecule has 0 radical (unpaired) electrons. The lowest BCUT2D eigenvalue weighted by molar-refractivity contribution is -0.133. The van der Waals surface area contributed by atoms with E-state index in [1.807, 2.05) is 17.0 Å². The van der Waals surface area contributed by atoms with Crippen molar-refractivity contribution in [3.63, 3.8) is 0 Å². The first kappa shape index (κ1) is 14.7. The molecule has 0 unspecified atom stereocenters. The van der Waals surface area contributed by atoms with Gasteiger partial charge in [-0.25, -0.2) is 9.37 Å². The van der Waals surface area contributed by atoms with Crippen LogP contribution < -0.4 is 0 Å². The molecule has 0 saturated carbocycles. The van der Waals surface area contributed by atoms with Gasteiger partial charge in [0, 0.05) is 45.1 Å². The molecule has 116 valence electrons. The van der Waals surface area contributed by atoms with Crippen LogP contribution in [-0.2, 0) is 17.9 Å². The van der Waals surface area contributed by atoms with Gasteiger partial charge in [0.05, 0.1) is 6.33 Å². The Hall–Kier alpha value is -2.21. The summed E-state index contributed by atoms with van der Waals surface area (Å²) in [4.78, 5) is 20.3. The van der Waals surface area contributed by atoms with Gasteiger partial charge in [-0.2, -0.15) is 0 Å². The Morgan fingerprint density at radius 1 is 1.14 bits per heavy atom. The van der Waals surface area contributed by atoms with Gasteiger partial charge in [0.2, 0.25) is 5.91 Å². The van der Waals surface area contributed by atoms with Crippen molar-refractivity contribution in [1.29, 1.82) is 0 Å². The predicted molar refractivity (Wildman–Crippen MR) is 80.5 cm³/mol. The molecule has 1 saturated heterocycles. The van der Waals surface area contributed by atoms with Crippen molar-refractivity contribution in [2.24, 2.45) is 0 Å². The van der Waals surface area contributed by atoms with E-state index < -0.39 is 0 Å². The second kappa shape index (κ2) is 6.70. The number of imidazole rings is 1. The van der Waals surface area contributed by atoms with Gasteiger partial charge >= 0.3 is 0 Å². The Balaban J connectivity index is 1.47. The Kier molecular flexibility index (Phi) is 4.48. The third-order valence-electron chi connectivity index (χ3n) is 3.92. The SMILES string of the molecule is O=C(Cn1ccnc1)N1CCN(Cc2ccc(F)cc2)CC1. The summed E-state index contributed by atoms with van der Waals surface area (Å²) in [6.07, 6.45) is 5.12.